The van der Waals surface area contributed by atoms with Gasteiger partial charge in [0.15, 0.2) is 5.76 Å². The van der Waals surface area contributed by atoms with Crippen LogP contribution in [0.2, 0.25) is 5.02 Å². The third-order valence-electron chi connectivity index (χ3n) is 9.52. The Bertz CT molecular complexity index is 1810. The van der Waals surface area contributed by atoms with Gasteiger partial charge in [0, 0.05) is 53.1 Å². The summed E-state index contributed by atoms with van der Waals surface area (Å²) in [4.78, 5) is 17.7. The van der Waals surface area contributed by atoms with Crippen molar-refractivity contribution in [2.24, 2.45) is 5.41 Å². The number of amides is 1. The maximum atomic E-state index is 13.9. The van der Waals surface area contributed by atoms with Gasteiger partial charge in [0.25, 0.3) is 5.91 Å². The summed E-state index contributed by atoms with van der Waals surface area (Å²) in [7, 11) is 0. The number of fused-ring (bicyclic) bond motifs is 1. The molecule has 9 nitrogen and oxygen atoms in total. The Morgan fingerprint density at radius 1 is 1.26 bits per heavy atom. The average molecular weight is 603 g/mol. The summed E-state index contributed by atoms with van der Waals surface area (Å²) in [6, 6.07) is 16.1. The summed E-state index contributed by atoms with van der Waals surface area (Å²) >= 11 is 8.47. The Balaban J connectivity index is 1.04. The molecule has 12 heteroatoms. The van der Waals surface area contributed by atoms with Crippen LogP contribution in [0, 0.1) is 22.7 Å². The van der Waals surface area contributed by atoms with Crippen molar-refractivity contribution in [1.82, 2.24) is 19.0 Å². The van der Waals surface area contributed by atoms with Gasteiger partial charge in [0.1, 0.15) is 28.8 Å². The first-order valence-corrected chi connectivity index (χ1v) is 15.0. The molecular formula is C30H24ClFN6O3S. The number of hydrogen-bond acceptors (Lipinski definition) is 8. The van der Waals surface area contributed by atoms with Gasteiger partial charge in [-0.05, 0) is 50.1 Å². The van der Waals surface area contributed by atoms with Crippen LogP contribution in [0.15, 0.2) is 57.9 Å². The average Bonchev–Trinajstić information content (AvgIpc) is 3.69. The van der Waals surface area contributed by atoms with E-state index in [0.717, 1.165) is 47.9 Å². The SMILES string of the molecule is N#Cc1cc(NC(=O)c2c(Cl)c(SN3C4CCC45C3CC5(O)c3cc(-c4ccccc4)on3)c3n2CCC3)cc(F)n1. The van der Waals surface area contributed by atoms with Gasteiger partial charge in [-0.3, -0.25) is 4.79 Å². The topological polar surface area (TPSA) is 120 Å². The Morgan fingerprint density at radius 3 is 2.83 bits per heavy atom. The van der Waals surface area contributed by atoms with Gasteiger partial charge in [0.2, 0.25) is 5.95 Å². The van der Waals surface area contributed by atoms with Crippen molar-refractivity contribution in [3.05, 3.63) is 82.3 Å². The molecule has 1 saturated heterocycles. The van der Waals surface area contributed by atoms with Gasteiger partial charge in [-0.1, -0.05) is 47.1 Å². The predicted molar refractivity (Wildman–Crippen MR) is 152 cm³/mol. The minimum atomic E-state index is -1.05. The first-order valence-electron chi connectivity index (χ1n) is 13.9. The third kappa shape index (κ3) is 3.40. The second kappa shape index (κ2) is 9.15. The van der Waals surface area contributed by atoms with Gasteiger partial charge in [-0.25, -0.2) is 9.29 Å². The number of pyridine rings is 1. The van der Waals surface area contributed by atoms with Crippen LogP contribution in [0.3, 0.4) is 0 Å². The maximum Gasteiger partial charge on any atom is 0.273 e. The number of benzene rings is 1. The zero-order valence-electron chi connectivity index (χ0n) is 22.2. The second-order valence-corrected chi connectivity index (χ2v) is 12.8. The van der Waals surface area contributed by atoms with E-state index in [2.05, 4.69) is 19.8 Å². The summed E-state index contributed by atoms with van der Waals surface area (Å²) in [5, 5.41) is 28.3. The lowest BCUT2D eigenvalue weighted by Gasteiger charge is -2.81. The Hall–Kier alpha value is -3.69. The van der Waals surface area contributed by atoms with Gasteiger partial charge < -0.3 is 19.5 Å². The quantitative estimate of drug-likeness (QED) is 0.218. The second-order valence-electron chi connectivity index (χ2n) is 11.4. The normalized spacial score (nSPS) is 27.1. The number of aromatic nitrogens is 3. The highest BCUT2D eigenvalue weighted by molar-refractivity contribution is 7.97. The molecule has 2 saturated carbocycles. The number of nitrogens with one attached hydrogen (secondary N) is 1. The van der Waals surface area contributed by atoms with Gasteiger partial charge in [-0.15, -0.1) is 0 Å². The van der Waals surface area contributed by atoms with Crippen molar-refractivity contribution in [3.8, 4) is 17.4 Å². The molecule has 3 fully saturated rings. The summed E-state index contributed by atoms with van der Waals surface area (Å²) < 4.78 is 23.8. The fraction of sp³-hybridized carbons (Fsp3) is 0.333. The Kier molecular flexibility index (Phi) is 5.66. The van der Waals surface area contributed by atoms with E-state index >= 15 is 0 Å². The van der Waals surface area contributed by atoms with Crippen molar-refractivity contribution in [2.75, 3.05) is 5.32 Å². The molecule has 1 aromatic carbocycles. The molecule has 2 N–H and O–H groups in total. The molecule has 0 bridgehead atoms. The molecule has 8 rings (SSSR count). The summed E-state index contributed by atoms with van der Waals surface area (Å²) in [5.41, 5.74) is 1.52. The molecule has 5 heterocycles. The largest absolute Gasteiger partial charge is 0.383 e. The van der Waals surface area contributed by atoms with Crippen LogP contribution in [-0.4, -0.2) is 42.1 Å². The molecule has 4 aliphatic rings. The van der Waals surface area contributed by atoms with Crippen LogP contribution < -0.4 is 5.32 Å². The third-order valence-corrected chi connectivity index (χ3v) is 11.3. The molecule has 1 spiro atoms. The lowest BCUT2D eigenvalue weighted by atomic mass is 9.36. The highest BCUT2D eigenvalue weighted by atomic mass is 35.5. The molecule has 4 atom stereocenters. The van der Waals surface area contributed by atoms with Gasteiger partial charge in [-0.2, -0.15) is 9.65 Å². The highest BCUT2D eigenvalue weighted by Gasteiger charge is 2.83. The zero-order valence-corrected chi connectivity index (χ0v) is 23.8. The first kappa shape index (κ1) is 26.0. The smallest absolute Gasteiger partial charge is 0.273 e. The molecule has 1 amide bonds. The molecule has 42 heavy (non-hydrogen) atoms. The van der Waals surface area contributed by atoms with Crippen LogP contribution in [0.4, 0.5) is 10.1 Å². The lowest BCUT2D eigenvalue weighted by molar-refractivity contribution is -0.349. The molecular weight excluding hydrogens is 579 g/mol. The summed E-state index contributed by atoms with van der Waals surface area (Å²) in [6.45, 7) is 0.652. The monoisotopic (exact) mass is 602 g/mol. The predicted octanol–water partition coefficient (Wildman–Crippen LogP) is 5.53. The molecule has 4 unspecified atom stereocenters. The van der Waals surface area contributed by atoms with Crippen LogP contribution in [0.1, 0.15) is 53.3 Å². The van der Waals surface area contributed by atoms with Crippen molar-refractivity contribution in [2.45, 2.75) is 61.2 Å². The lowest BCUT2D eigenvalue weighted by Crippen LogP contribution is -2.88. The first-order chi connectivity index (χ1) is 20.3. The number of piperidine rings is 2. The van der Waals surface area contributed by atoms with Gasteiger partial charge in [0.05, 0.1) is 9.92 Å². The molecule has 2 aliphatic heterocycles. The standard InChI is InChI=1S/C30H24ClFN6O3S/c31-25-26(28(39)35-17-11-18(15-33)34-24(32)12-17)37-10-4-7-19(37)27(25)42-38-22-8-9-29(22)23(38)14-30(29,40)21-13-20(41-36-21)16-5-2-1-3-6-16/h1-3,5-6,11-13,22-23,40H,4,7-10,14H2,(H,34,35,39). The zero-order chi connectivity index (χ0) is 28.8. The number of halogens is 2. The minimum absolute atomic E-state index is 0.128. The number of hydrogen-bond donors (Lipinski definition) is 2. The van der Waals surface area contributed by atoms with E-state index in [1.807, 2.05) is 41.0 Å². The number of anilines is 1. The number of carbonyl (C=O) groups excluding carboxylic acids is 1. The van der Waals surface area contributed by atoms with Crippen molar-refractivity contribution in [3.63, 3.8) is 0 Å². The van der Waals surface area contributed by atoms with E-state index in [9.17, 15) is 14.3 Å². The van der Waals surface area contributed by atoms with Crippen molar-refractivity contribution in [1.29, 1.82) is 5.26 Å². The highest BCUT2D eigenvalue weighted by Crippen LogP contribution is 2.77. The van der Waals surface area contributed by atoms with Crippen LogP contribution in [-0.2, 0) is 18.6 Å². The van der Waals surface area contributed by atoms with E-state index in [-0.39, 0.29) is 28.9 Å². The summed E-state index contributed by atoms with van der Waals surface area (Å²) in [6.07, 6.45) is 4.07. The number of rotatable bonds is 6. The van der Waals surface area contributed by atoms with Crippen LogP contribution in [0.25, 0.3) is 11.3 Å². The Morgan fingerprint density at radius 2 is 2.10 bits per heavy atom. The molecule has 0 radical (unpaired) electrons. The maximum absolute atomic E-state index is 13.9. The number of nitrogens with zero attached hydrogens (tertiary/aromatic N) is 5. The number of aliphatic hydroxyl groups is 1. The molecule has 4 aromatic rings. The van der Waals surface area contributed by atoms with Crippen molar-refractivity contribution >= 4 is 35.1 Å². The van der Waals surface area contributed by atoms with E-state index in [0.29, 0.717) is 35.1 Å². The molecule has 212 valence electrons. The molecule has 2 aliphatic carbocycles. The minimum Gasteiger partial charge on any atom is -0.383 e. The fourth-order valence-electron chi connectivity index (χ4n) is 7.48. The van der Waals surface area contributed by atoms with Crippen molar-refractivity contribution < 1.29 is 18.8 Å². The summed E-state index contributed by atoms with van der Waals surface area (Å²) in [5.74, 6) is -0.679. The Labute approximate surface area is 249 Å². The van der Waals surface area contributed by atoms with E-state index < -0.39 is 17.5 Å². The van der Waals surface area contributed by atoms with Gasteiger partial charge >= 0.3 is 0 Å². The van der Waals surface area contributed by atoms with Crippen LogP contribution in [0.5, 0.6) is 0 Å². The van der Waals surface area contributed by atoms with E-state index in [4.69, 9.17) is 21.4 Å². The van der Waals surface area contributed by atoms with Crippen LogP contribution >= 0.6 is 23.5 Å². The van der Waals surface area contributed by atoms with E-state index in [1.54, 1.807) is 18.0 Å². The number of nitriles is 1. The number of carbonyl (C=O) groups is 1. The fourth-order valence-corrected chi connectivity index (χ4v) is 9.40. The molecule has 3 aromatic heterocycles. The van der Waals surface area contributed by atoms with E-state index in [1.165, 1.54) is 6.07 Å².